The summed E-state index contributed by atoms with van der Waals surface area (Å²) in [5.41, 5.74) is 2.78. The summed E-state index contributed by atoms with van der Waals surface area (Å²) in [5.74, 6) is 1.54. The molecule has 0 spiro atoms. The zero-order chi connectivity index (χ0) is 11.1. The highest BCUT2D eigenvalue weighted by atomic mass is 14.3. The number of hydrogen-bond acceptors (Lipinski definition) is 0. The van der Waals surface area contributed by atoms with Gasteiger partial charge in [-0.2, -0.15) is 0 Å². The second-order valence-electron chi connectivity index (χ2n) is 4.13. The van der Waals surface area contributed by atoms with Crippen LogP contribution in [0, 0.1) is 11.8 Å². The summed E-state index contributed by atoms with van der Waals surface area (Å²) in [4.78, 5) is 0. The van der Waals surface area contributed by atoms with Crippen molar-refractivity contribution in [2.45, 2.75) is 53.4 Å². The van der Waals surface area contributed by atoms with Crippen LogP contribution in [0.15, 0.2) is 24.3 Å². The molecule has 14 heavy (non-hydrogen) atoms. The van der Waals surface area contributed by atoms with E-state index in [1.807, 2.05) is 13.8 Å². The standard InChI is InChI=1S/C12H20.C2H6/c1-5-6-12-8-9(2)7-10(3)11(12)4;1-2/h11-12H,2-3,5-8H2,1,4H3;1-2H3/t11-,12+;/m0./s1. The van der Waals surface area contributed by atoms with Crippen molar-refractivity contribution >= 4 is 0 Å². The highest BCUT2D eigenvalue weighted by molar-refractivity contribution is 5.18. The van der Waals surface area contributed by atoms with Gasteiger partial charge in [0.25, 0.3) is 0 Å². The second-order valence-corrected chi connectivity index (χ2v) is 4.13. The maximum Gasteiger partial charge on any atom is -0.0111 e. The van der Waals surface area contributed by atoms with Crippen LogP contribution in [0.1, 0.15) is 53.4 Å². The molecule has 0 N–H and O–H groups in total. The third-order valence-corrected chi connectivity index (χ3v) is 3.04. The Morgan fingerprint density at radius 1 is 1.29 bits per heavy atom. The highest BCUT2D eigenvalue weighted by Crippen LogP contribution is 2.37. The third-order valence-electron chi connectivity index (χ3n) is 3.04. The molecule has 1 rings (SSSR count). The lowest BCUT2D eigenvalue weighted by Crippen LogP contribution is -2.19. The molecule has 1 aliphatic rings. The van der Waals surface area contributed by atoms with Crippen LogP contribution in [0.2, 0.25) is 0 Å². The van der Waals surface area contributed by atoms with Gasteiger partial charge in [-0.1, -0.05) is 58.4 Å². The summed E-state index contributed by atoms with van der Waals surface area (Å²) >= 11 is 0. The molecule has 0 aromatic rings. The highest BCUT2D eigenvalue weighted by Gasteiger charge is 2.24. The Bertz CT molecular complexity index is 188. The first-order valence-corrected chi connectivity index (χ1v) is 5.99. The van der Waals surface area contributed by atoms with Crippen LogP contribution in [0.3, 0.4) is 0 Å². The lowest BCUT2D eigenvalue weighted by Gasteiger charge is -2.32. The number of rotatable bonds is 2. The second kappa shape index (κ2) is 6.86. The monoisotopic (exact) mass is 194 g/mol. The van der Waals surface area contributed by atoms with Crippen LogP contribution in [0.4, 0.5) is 0 Å². The van der Waals surface area contributed by atoms with Gasteiger partial charge in [-0.25, -0.2) is 0 Å². The Morgan fingerprint density at radius 2 is 1.86 bits per heavy atom. The van der Waals surface area contributed by atoms with Crippen LogP contribution in [0.5, 0.6) is 0 Å². The first-order chi connectivity index (χ1) is 6.65. The van der Waals surface area contributed by atoms with Crippen molar-refractivity contribution in [3.8, 4) is 0 Å². The Labute approximate surface area is 90.1 Å². The van der Waals surface area contributed by atoms with E-state index >= 15 is 0 Å². The van der Waals surface area contributed by atoms with E-state index in [9.17, 15) is 0 Å². The fourth-order valence-corrected chi connectivity index (χ4v) is 2.16. The summed E-state index contributed by atoms with van der Waals surface area (Å²) in [6, 6.07) is 0. The normalized spacial score (nSPS) is 26.9. The largest absolute Gasteiger partial charge is 0.0995 e. The molecule has 0 nitrogen and oxygen atoms in total. The maximum absolute atomic E-state index is 4.12. The quantitative estimate of drug-likeness (QED) is 0.544. The summed E-state index contributed by atoms with van der Waals surface area (Å²) in [5, 5.41) is 0. The molecule has 1 saturated carbocycles. The predicted octanol–water partition coefficient (Wildman–Crippen LogP) is 4.97. The van der Waals surface area contributed by atoms with Crippen LogP contribution >= 0.6 is 0 Å². The van der Waals surface area contributed by atoms with E-state index < -0.39 is 0 Å². The molecule has 0 radical (unpaired) electrons. The Morgan fingerprint density at radius 3 is 2.36 bits per heavy atom. The van der Waals surface area contributed by atoms with Gasteiger partial charge >= 0.3 is 0 Å². The molecule has 0 unspecified atom stereocenters. The smallest absolute Gasteiger partial charge is 0.0111 e. The van der Waals surface area contributed by atoms with E-state index in [0.29, 0.717) is 0 Å². The molecule has 0 aliphatic heterocycles. The minimum absolute atomic E-state index is 0.718. The SMILES string of the molecule is C=C1CC(=C)[C@H](C)[C@H](CCC)C1.CC. The maximum atomic E-state index is 4.12. The average molecular weight is 194 g/mol. The van der Waals surface area contributed by atoms with Gasteiger partial charge in [0.1, 0.15) is 0 Å². The minimum atomic E-state index is 0.718. The topological polar surface area (TPSA) is 0 Å². The van der Waals surface area contributed by atoms with Crippen LogP contribution in [0.25, 0.3) is 0 Å². The number of allylic oxidation sites excluding steroid dienone is 2. The zero-order valence-corrected chi connectivity index (χ0v) is 10.4. The van der Waals surface area contributed by atoms with Gasteiger partial charge in [-0.15, -0.1) is 0 Å². The van der Waals surface area contributed by atoms with E-state index in [0.717, 1.165) is 18.3 Å². The summed E-state index contributed by atoms with van der Waals surface area (Å²) in [6.45, 7) is 16.8. The third kappa shape index (κ3) is 3.69. The van der Waals surface area contributed by atoms with Crippen molar-refractivity contribution in [2.24, 2.45) is 11.8 Å². The molecule has 1 fully saturated rings. The van der Waals surface area contributed by atoms with Gasteiger partial charge in [0, 0.05) is 0 Å². The Kier molecular flexibility index (Phi) is 6.61. The molecule has 0 aromatic carbocycles. The molecule has 0 bridgehead atoms. The molecule has 0 heterocycles. The van der Waals surface area contributed by atoms with Crippen LogP contribution < -0.4 is 0 Å². The van der Waals surface area contributed by atoms with Gasteiger partial charge in [0.2, 0.25) is 0 Å². The summed E-state index contributed by atoms with van der Waals surface area (Å²) in [7, 11) is 0. The first kappa shape index (κ1) is 13.5. The van der Waals surface area contributed by atoms with E-state index in [1.165, 1.54) is 30.4 Å². The Balaban J connectivity index is 0.000000791. The first-order valence-electron chi connectivity index (χ1n) is 5.99. The van der Waals surface area contributed by atoms with Crippen LogP contribution in [-0.4, -0.2) is 0 Å². The lowest BCUT2D eigenvalue weighted by molar-refractivity contribution is 0.342. The van der Waals surface area contributed by atoms with E-state index in [4.69, 9.17) is 0 Å². The van der Waals surface area contributed by atoms with Crippen LogP contribution in [-0.2, 0) is 0 Å². The van der Waals surface area contributed by atoms with Crippen molar-refractivity contribution in [2.75, 3.05) is 0 Å². The zero-order valence-electron chi connectivity index (χ0n) is 10.4. The van der Waals surface area contributed by atoms with Gasteiger partial charge in [-0.3, -0.25) is 0 Å². The summed E-state index contributed by atoms with van der Waals surface area (Å²) in [6.07, 6.45) is 4.92. The molecule has 0 heteroatoms. The van der Waals surface area contributed by atoms with E-state index in [1.54, 1.807) is 0 Å². The molecule has 0 amide bonds. The fraction of sp³-hybridized carbons (Fsp3) is 0.714. The summed E-state index contributed by atoms with van der Waals surface area (Å²) < 4.78 is 0. The molecule has 1 aliphatic carbocycles. The predicted molar refractivity (Wildman–Crippen MR) is 66.4 cm³/mol. The minimum Gasteiger partial charge on any atom is -0.0995 e. The van der Waals surface area contributed by atoms with Gasteiger partial charge in [0.05, 0.1) is 0 Å². The lowest BCUT2D eigenvalue weighted by atomic mass is 9.74. The van der Waals surface area contributed by atoms with Crippen molar-refractivity contribution in [3.63, 3.8) is 0 Å². The molecule has 82 valence electrons. The fourth-order valence-electron chi connectivity index (χ4n) is 2.16. The van der Waals surface area contributed by atoms with E-state index in [2.05, 4.69) is 27.0 Å². The molecule has 0 aromatic heterocycles. The van der Waals surface area contributed by atoms with Crippen molar-refractivity contribution in [1.29, 1.82) is 0 Å². The number of hydrogen-bond donors (Lipinski definition) is 0. The van der Waals surface area contributed by atoms with Gasteiger partial charge < -0.3 is 0 Å². The van der Waals surface area contributed by atoms with Gasteiger partial charge in [-0.05, 0) is 31.1 Å². The molecule has 0 saturated heterocycles. The molecular formula is C14H26. The average Bonchev–Trinajstić information content (AvgIpc) is 2.17. The molecule has 2 atom stereocenters. The van der Waals surface area contributed by atoms with E-state index in [-0.39, 0.29) is 0 Å². The van der Waals surface area contributed by atoms with Crippen molar-refractivity contribution in [1.82, 2.24) is 0 Å². The van der Waals surface area contributed by atoms with Crippen molar-refractivity contribution in [3.05, 3.63) is 24.3 Å². The molecular weight excluding hydrogens is 168 g/mol. The van der Waals surface area contributed by atoms with Crippen molar-refractivity contribution < 1.29 is 0 Å². The Hall–Kier alpha value is -0.520. The van der Waals surface area contributed by atoms with Gasteiger partial charge in [0.15, 0.2) is 0 Å².